The third-order valence-electron chi connectivity index (χ3n) is 3.48. The van der Waals surface area contributed by atoms with E-state index in [2.05, 4.69) is 10.1 Å². The predicted octanol–water partition coefficient (Wildman–Crippen LogP) is 1.70. The number of nitrogens with one attached hydrogen (secondary N) is 1. The standard InChI is InChI=1S/C13H14F4N2O2/c1-2-21-11(20)12(18,13(15,16)17)9-6-19-10-5-7(14)3-4-8(9)10/h3-6,8,10,19H,2,18H2,1H3. The number of halogens is 4. The molecular weight excluding hydrogens is 292 g/mol. The molecule has 3 unspecified atom stereocenters. The van der Waals surface area contributed by atoms with Crippen LogP contribution in [0.25, 0.3) is 0 Å². The number of carbonyl (C=O) groups excluding carboxylic acids is 1. The van der Waals surface area contributed by atoms with Crippen LogP contribution in [0.3, 0.4) is 0 Å². The van der Waals surface area contributed by atoms with E-state index in [9.17, 15) is 22.4 Å². The zero-order valence-electron chi connectivity index (χ0n) is 11.1. The van der Waals surface area contributed by atoms with Crippen LogP contribution in [0.5, 0.6) is 0 Å². The Balaban J connectivity index is 2.40. The Morgan fingerprint density at radius 3 is 2.71 bits per heavy atom. The van der Waals surface area contributed by atoms with Crippen molar-refractivity contribution in [3.8, 4) is 0 Å². The van der Waals surface area contributed by atoms with E-state index in [1.807, 2.05) is 0 Å². The van der Waals surface area contributed by atoms with Crippen molar-refractivity contribution in [2.24, 2.45) is 11.7 Å². The second-order valence-electron chi connectivity index (χ2n) is 4.75. The lowest BCUT2D eigenvalue weighted by atomic mass is 9.79. The first-order chi connectivity index (χ1) is 9.71. The summed E-state index contributed by atoms with van der Waals surface area (Å²) in [5, 5.41) is 2.60. The number of rotatable bonds is 3. The van der Waals surface area contributed by atoms with Gasteiger partial charge in [-0.1, -0.05) is 6.08 Å². The van der Waals surface area contributed by atoms with Gasteiger partial charge in [-0.3, -0.25) is 0 Å². The van der Waals surface area contributed by atoms with Gasteiger partial charge in [-0.2, -0.15) is 13.2 Å². The van der Waals surface area contributed by atoms with Crippen LogP contribution in [0.2, 0.25) is 0 Å². The van der Waals surface area contributed by atoms with Gasteiger partial charge in [0.25, 0.3) is 0 Å². The fourth-order valence-electron chi connectivity index (χ4n) is 2.40. The highest BCUT2D eigenvalue weighted by Crippen LogP contribution is 2.42. The van der Waals surface area contributed by atoms with Gasteiger partial charge in [0.05, 0.1) is 12.6 Å². The number of ether oxygens (including phenoxy) is 1. The summed E-state index contributed by atoms with van der Waals surface area (Å²) in [5.74, 6) is -3.00. The number of hydrogen-bond donors (Lipinski definition) is 2. The first kappa shape index (κ1) is 15.6. The van der Waals surface area contributed by atoms with E-state index < -0.39 is 41.0 Å². The van der Waals surface area contributed by atoms with Gasteiger partial charge in [0.1, 0.15) is 5.83 Å². The molecule has 1 heterocycles. The Morgan fingerprint density at radius 2 is 2.14 bits per heavy atom. The molecule has 8 heteroatoms. The Hall–Kier alpha value is -1.83. The lowest BCUT2D eigenvalue weighted by Crippen LogP contribution is -2.62. The van der Waals surface area contributed by atoms with Gasteiger partial charge in [0.2, 0.25) is 5.54 Å². The maximum atomic E-state index is 13.4. The van der Waals surface area contributed by atoms with E-state index >= 15 is 0 Å². The molecule has 0 saturated carbocycles. The second-order valence-corrected chi connectivity index (χ2v) is 4.75. The van der Waals surface area contributed by atoms with Gasteiger partial charge in [-0.25, -0.2) is 9.18 Å². The number of nitrogens with two attached hydrogens (primary N) is 1. The molecule has 116 valence electrons. The van der Waals surface area contributed by atoms with Crippen molar-refractivity contribution in [1.82, 2.24) is 5.32 Å². The molecule has 0 radical (unpaired) electrons. The molecule has 0 aromatic rings. The topological polar surface area (TPSA) is 64.3 Å². The number of allylic oxidation sites excluding steroid dienone is 2. The van der Waals surface area contributed by atoms with Gasteiger partial charge >= 0.3 is 12.1 Å². The number of hydrogen-bond acceptors (Lipinski definition) is 4. The molecule has 1 aliphatic carbocycles. The van der Waals surface area contributed by atoms with Crippen molar-refractivity contribution < 1.29 is 27.1 Å². The Morgan fingerprint density at radius 1 is 1.48 bits per heavy atom. The largest absolute Gasteiger partial charge is 0.464 e. The van der Waals surface area contributed by atoms with Crippen LogP contribution in [0.15, 0.2) is 35.8 Å². The van der Waals surface area contributed by atoms with E-state index in [1.54, 1.807) is 0 Å². The first-order valence-electron chi connectivity index (χ1n) is 6.26. The Bertz CT molecular complexity index is 539. The summed E-state index contributed by atoms with van der Waals surface area (Å²) in [7, 11) is 0. The van der Waals surface area contributed by atoms with Crippen molar-refractivity contribution in [2.75, 3.05) is 6.61 Å². The molecule has 2 aliphatic rings. The summed E-state index contributed by atoms with van der Waals surface area (Å²) >= 11 is 0. The normalized spacial score (nSPS) is 27.1. The highest BCUT2D eigenvalue weighted by atomic mass is 19.4. The second kappa shape index (κ2) is 5.18. The van der Waals surface area contributed by atoms with Gasteiger partial charge in [0, 0.05) is 5.92 Å². The van der Waals surface area contributed by atoms with E-state index in [1.165, 1.54) is 13.0 Å². The molecule has 0 aromatic heterocycles. The Labute approximate surface area is 118 Å². The SMILES string of the molecule is CCOC(=O)C(N)(C1=CNC2C=C(F)C=CC12)C(F)(F)F. The minimum absolute atomic E-state index is 0.229. The summed E-state index contributed by atoms with van der Waals surface area (Å²) in [5.41, 5.74) is 1.74. The van der Waals surface area contributed by atoms with Crippen LogP contribution in [-0.2, 0) is 9.53 Å². The lowest BCUT2D eigenvalue weighted by molar-refractivity contribution is -0.198. The zero-order chi connectivity index (χ0) is 15.8. The van der Waals surface area contributed by atoms with E-state index in [0.29, 0.717) is 0 Å². The average molecular weight is 306 g/mol. The number of alkyl halides is 3. The molecule has 0 aromatic carbocycles. The van der Waals surface area contributed by atoms with Crippen molar-refractivity contribution in [2.45, 2.75) is 24.7 Å². The van der Waals surface area contributed by atoms with Crippen LogP contribution in [0, 0.1) is 5.92 Å². The third kappa shape index (κ3) is 2.44. The fraction of sp³-hybridized carbons (Fsp3) is 0.462. The van der Waals surface area contributed by atoms with Crippen molar-refractivity contribution >= 4 is 5.97 Å². The zero-order valence-corrected chi connectivity index (χ0v) is 11.1. The van der Waals surface area contributed by atoms with Crippen molar-refractivity contribution in [3.05, 3.63) is 35.8 Å². The molecule has 21 heavy (non-hydrogen) atoms. The van der Waals surface area contributed by atoms with Crippen molar-refractivity contribution in [1.29, 1.82) is 0 Å². The molecule has 0 saturated heterocycles. The summed E-state index contributed by atoms with van der Waals surface area (Å²) < 4.78 is 57.7. The quantitative estimate of drug-likeness (QED) is 0.615. The smallest absolute Gasteiger partial charge is 0.421 e. The molecule has 0 amide bonds. The van der Waals surface area contributed by atoms with Crippen LogP contribution in [0.1, 0.15) is 6.92 Å². The number of carbonyl (C=O) groups is 1. The van der Waals surface area contributed by atoms with Gasteiger partial charge in [-0.15, -0.1) is 0 Å². The molecule has 1 aliphatic heterocycles. The summed E-state index contributed by atoms with van der Waals surface area (Å²) in [6.45, 7) is 1.16. The molecule has 0 bridgehead atoms. The monoisotopic (exact) mass is 306 g/mol. The lowest BCUT2D eigenvalue weighted by Gasteiger charge is -2.33. The molecule has 3 N–H and O–H groups in total. The number of fused-ring (bicyclic) bond motifs is 1. The van der Waals surface area contributed by atoms with Gasteiger partial charge < -0.3 is 15.8 Å². The molecule has 0 spiro atoms. The van der Waals surface area contributed by atoms with Gasteiger partial charge in [0.15, 0.2) is 0 Å². The van der Waals surface area contributed by atoms with Crippen LogP contribution >= 0.6 is 0 Å². The maximum absolute atomic E-state index is 13.4. The van der Waals surface area contributed by atoms with Crippen LogP contribution < -0.4 is 11.1 Å². The molecule has 3 atom stereocenters. The van der Waals surface area contributed by atoms with E-state index in [-0.39, 0.29) is 6.61 Å². The summed E-state index contributed by atoms with van der Waals surface area (Å²) in [4.78, 5) is 11.8. The van der Waals surface area contributed by atoms with E-state index in [0.717, 1.165) is 18.4 Å². The van der Waals surface area contributed by atoms with Gasteiger partial charge in [-0.05, 0) is 30.8 Å². The van der Waals surface area contributed by atoms with Crippen LogP contribution in [0.4, 0.5) is 17.6 Å². The number of esters is 1. The minimum atomic E-state index is -5.03. The van der Waals surface area contributed by atoms with Crippen LogP contribution in [-0.4, -0.2) is 30.3 Å². The highest BCUT2D eigenvalue weighted by molar-refractivity contribution is 5.86. The summed E-state index contributed by atoms with van der Waals surface area (Å²) in [6, 6.07) is -0.704. The minimum Gasteiger partial charge on any atom is -0.464 e. The predicted molar refractivity (Wildman–Crippen MR) is 66.4 cm³/mol. The third-order valence-corrected chi connectivity index (χ3v) is 3.48. The maximum Gasteiger partial charge on any atom is 0.421 e. The van der Waals surface area contributed by atoms with E-state index in [4.69, 9.17) is 5.73 Å². The summed E-state index contributed by atoms with van der Waals surface area (Å²) in [6.07, 6.45) is -0.590. The molecular formula is C13H14F4N2O2. The highest BCUT2D eigenvalue weighted by Gasteiger charge is 2.63. The fourth-order valence-corrected chi connectivity index (χ4v) is 2.40. The van der Waals surface area contributed by atoms with Crippen molar-refractivity contribution in [3.63, 3.8) is 0 Å². The molecule has 0 fully saturated rings. The molecule has 2 rings (SSSR count). The Kier molecular flexibility index (Phi) is 3.83. The first-order valence-corrected chi connectivity index (χ1v) is 6.26. The molecule has 4 nitrogen and oxygen atoms in total. The average Bonchev–Trinajstić information content (AvgIpc) is 2.79.